The lowest BCUT2D eigenvalue weighted by atomic mass is 10.2. The van der Waals surface area contributed by atoms with E-state index in [4.69, 9.17) is 4.74 Å². The lowest BCUT2D eigenvalue weighted by molar-refractivity contribution is 0.297. The van der Waals surface area contributed by atoms with Crippen LogP contribution in [0, 0.1) is 11.6 Å². The number of rotatable bonds is 4. The van der Waals surface area contributed by atoms with Crippen LogP contribution in [0.5, 0.6) is 5.75 Å². The molecule has 0 saturated carbocycles. The molecule has 0 aliphatic heterocycles. The molecule has 0 aromatic heterocycles. The van der Waals surface area contributed by atoms with Crippen molar-refractivity contribution in [3.8, 4) is 5.75 Å². The van der Waals surface area contributed by atoms with E-state index in [0.717, 1.165) is 12.5 Å². The van der Waals surface area contributed by atoms with Gasteiger partial charge in [0.1, 0.15) is 12.4 Å². The first-order valence-corrected chi connectivity index (χ1v) is 5.85. The first-order chi connectivity index (χ1) is 8.70. The van der Waals surface area contributed by atoms with Crippen molar-refractivity contribution < 1.29 is 13.5 Å². The molecule has 2 aromatic rings. The third kappa shape index (κ3) is 2.86. The average Bonchev–Trinajstić information content (AvgIpc) is 2.41. The van der Waals surface area contributed by atoms with Crippen molar-refractivity contribution >= 4 is 0 Å². The Morgan fingerprint density at radius 2 is 1.72 bits per heavy atom. The van der Waals surface area contributed by atoms with Gasteiger partial charge in [0.15, 0.2) is 11.6 Å². The van der Waals surface area contributed by atoms with Crippen LogP contribution >= 0.6 is 0 Å². The third-order valence-electron chi connectivity index (χ3n) is 2.76. The topological polar surface area (TPSA) is 9.23 Å². The Hall–Kier alpha value is -1.90. The molecule has 0 radical (unpaired) electrons. The number of hydrogen-bond donors (Lipinski definition) is 0. The van der Waals surface area contributed by atoms with Crippen molar-refractivity contribution in [3.63, 3.8) is 0 Å². The van der Waals surface area contributed by atoms with Gasteiger partial charge in [-0.1, -0.05) is 31.2 Å². The molecular weight excluding hydrogens is 234 g/mol. The summed E-state index contributed by atoms with van der Waals surface area (Å²) in [6, 6.07) is 11.6. The Balaban J connectivity index is 2.04. The van der Waals surface area contributed by atoms with Crippen molar-refractivity contribution in [2.24, 2.45) is 0 Å². The Kier molecular flexibility index (Phi) is 3.92. The molecule has 0 amide bonds. The van der Waals surface area contributed by atoms with E-state index in [-0.39, 0.29) is 12.2 Å². The number of hydrogen-bond acceptors (Lipinski definition) is 1. The summed E-state index contributed by atoms with van der Waals surface area (Å²) >= 11 is 0. The van der Waals surface area contributed by atoms with Crippen molar-refractivity contribution in [1.82, 2.24) is 0 Å². The first kappa shape index (κ1) is 12.6. The lowest BCUT2D eigenvalue weighted by Gasteiger charge is -2.08. The van der Waals surface area contributed by atoms with Gasteiger partial charge in [-0.25, -0.2) is 8.78 Å². The summed E-state index contributed by atoms with van der Waals surface area (Å²) in [5.41, 5.74) is 1.42. The van der Waals surface area contributed by atoms with Crippen LogP contribution in [0.3, 0.4) is 0 Å². The maximum Gasteiger partial charge on any atom is 0.165 e. The summed E-state index contributed by atoms with van der Waals surface area (Å²) in [6.45, 7) is 2.09. The SMILES string of the molecule is CCc1ccc(OCc2cccc(F)c2F)cc1. The molecule has 2 rings (SSSR count). The fraction of sp³-hybridized carbons (Fsp3) is 0.200. The first-order valence-electron chi connectivity index (χ1n) is 5.85. The monoisotopic (exact) mass is 248 g/mol. The zero-order valence-corrected chi connectivity index (χ0v) is 10.1. The quantitative estimate of drug-likeness (QED) is 0.791. The molecule has 0 N–H and O–H groups in total. The summed E-state index contributed by atoms with van der Waals surface area (Å²) in [4.78, 5) is 0. The molecule has 0 heterocycles. The third-order valence-corrected chi connectivity index (χ3v) is 2.76. The highest BCUT2D eigenvalue weighted by molar-refractivity contribution is 5.28. The van der Waals surface area contributed by atoms with E-state index in [0.29, 0.717) is 5.75 Å². The highest BCUT2D eigenvalue weighted by atomic mass is 19.2. The minimum atomic E-state index is -0.850. The molecule has 0 spiro atoms. The number of halogens is 2. The molecule has 1 nitrogen and oxygen atoms in total. The predicted molar refractivity (Wildman–Crippen MR) is 66.5 cm³/mol. The molecule has 2 aromatic carbocycles. The molecule has 94 valence electrons. The van der Waals surface area contributed by atoms with Crippen molar-refractivity contribution in [2.75, 3.05) is 0 Å². The fourth-order valence-corrected chi connectivity index (χ4v) is 1.64. The molecule has 3 heteroatoms. The Bertz CT molecular complexity index is 521. The van der Waals surface area contributed by atoms with Gasteiger partial charge in [0.25, 0.3) is 0 Å². The van der Waals surface area contributed by atoms with Gasteiger partial charge >= 0.3 is 0 Å². The highest BCUT2D eigenvalue weighted by Crippen LogP contribution is 2.17. The van der Waals surface area contributed by atoms with E-state index < -0.39 is 11.6 Å². The van der Waals surface area contributed by atoms with Crippen LogP contribution in [0.1, 0.15) is 18.1 Å². The smallest absolute Gasteiger partial charge is 0.165 e. The second kappa shape index (κ2) is 5.63. The maximum atomic E-state index is 13.4. The van der Waals surface area contributed by atoms with Gasteiger partial charge < -0.3 is 4.74 Å². The van der Waals surface area contributed by atoms with Crippen LogP contribution < -0.4 is 4.74 Å². The molecule has 0 bridgehead atoms. The lowest BCUT2D eigenvalue weighted by Crippen LogP contribution is -2.00. The summed E-state index contributed by atoms with van der Waals surface area (Å²) in [6.07, 6.45) is 0.957. The molecule has 0 aliphatic carbocycles. The van der Waals surface area contributed by atoms with Gasteiger partial charge in [-0.05, 0) is 30.2 Å². The number of aryl methyl sites for hydroxylation is 1. The van der Waals surface area contributed by atoms with E-state index in [9.17, 15) is 8.78 Å². The van der Waals surface area contributed by atoms with E-state index >= 15 is 0 Å². The van der Waals surface area contributed by atoms with Gasteiger partial charge in [-0.15, -0.1) is 0 Å². The van der Waals surface area contributed by atoms with Crippen LogP contribution in [0.4, 0.5) is 8.78 Å². The standard InChI is InChI=1S/C15H14F2O/c1-2-11-6-8-13(9-7-11)18-10-12-4-3-5-14(16)15(12)17/h3-9H,2,10H2,1H3. The van der Waals surface area contributed by atoms with Crippen molar-refractivity contribution in [3.05, 3.63) is 65.2 Å². The second-order valence-electron chi connectivity index (χ2n) is 4.00. The van der Waals surface area contributed by atoms with Crippen LogP contribution in [0.15, 0.2) is 42.5 Å². The van der Waals surface area contributed by atoms with Crippen LogP contribution in [-0.2, 0) is 13.0 Å². The summed E-state index contributed by atoms with van der Waals surface area (Å²) in [5, 5.41) is 0. The summed E-state index contributed by atoms with van der Waals surface area (Å²) in [7, 11) is 0. The van der Waals surface area contributed by atoms with E-state index in [2.05, 4.69) is 6.92 Å². The normalized spacial score (nSPS) is 10.4. The molecular formula is C15H14F2O. The Morgan fingerprint density at radius 3 is 2.39 bits per heavy atom. The largest absolute Gasteiger partial charge is 0.489 e. The summed E-state index contributed by atoms with van der Waals surface area (Å²) in [5.74, 6) is -1.05. The number of benzene rings is 2. The van der Waals surface area contributed by atoms with Gasteiger partial charge in [0.05, 0.1) is 0 Å². The van der Waals surface area contributed by atoms with E-state index in [1.807, 2.05) is 24.3 Å². The van der Waals surface area contributed by atoms with Crippen molar-refractivity contribution in [2.45, 2.75) is 20.0 Å². The zero-order chi connectivity index (χ0) is 13.0. The molecule has 0 atom stereocenters. The van der Waals surface area contributed by atoms with Gasteiger partial charge in [0, 0.05) is 5.56 Å². The van der Waals surface area contributed by atoms with E-state index in [1.54, 1.807) is 0 Å². The Labute approximate surface area is 105 Å². The average molecular weight is 248 g/mol. The molecule has 0 aliphatic rings. The van der Waals surface area contributed by atoms with Crippen LogP contribution in [-0.4, -0.2) is 0 Å². The van der Waals surface area contributed by atoms with Crippen molar-refractivity contribution in [1.29, 1.82) is 0 Å². The Morgan fingerprint density at radius 1 is 1.00 bits per heavy atom. The maximum absolute atomic E-state index is 13.4. The van der Waals surface area contributed by atoms with Gasteiger partial charge in [-0.2, -0.15) is 0 Å². The van der Waals surface area contributed by atoms with Crippen LogP contribution in [0.2, 0.25) is 0 Å². The van der Waals surface area contributed by atoms with Gasteiger partial charge in [-0.3, -0.25) is 0 Å². The van der Waals surface area contributed by atoms with Gasteiger partial charge in [0.2, 0.25) is 0 Å². The predicted octanol–water partition coefficient (Wildman–Crippen LogP) is 4.11. The fourth-order valence-electron chi connectivity index (χ4n) is 1.64. The highest BCUT2D eigenvalue weighted by Gasteiger charge is 2.07. The van der Waals surface area contributed by atoms with Crippen LogP contribution in [0.25, 0.3) is 0 Å². The number of ether oxygens (including phenoxy) is 1. The summed E-state index contributed by atoms with van der Waals surface area (Å²) < 4.78 is 31.8. The second-order valence-corrected chi connectivity index (χ2v) is 4.00. The minimum Gasteiger partial charge on any atom is -0.489 e. The molecule has 18 heavy (non-hydrogen) atoms. The minimum absolute atomic E-state index is 0.0229. The zero-order valence-electron chi connectivity index (χ0n) is 10.1. The van der Waals surface area contributed by atoms with E-state index in [1.165, 1.54) is 17.7 Å². The molecule has 0 unspecified atom stereocenters. The molecule has 0 saturated heterocycles. The molecule has 0 fully saturated rings.